The molecule has 0 atom stereocenters. The summed E-state index contributed by atoms with van der Waals surface area (Å²) in [5, 5.41) is 0. The van der Waals surface area contributed by atoms with E-state index in [1.54, 1.807) is 14.2 Å². The second-order valence-electron chi connectivity index (χ2n) is 5.77. The van der Waals surface area contributed by atoms with E-state index in [-0.39, 0.29) is 5.41 Å². The lowest BCUT2D eigenvalue weighted by Crippen LogP contribution is -2.13. The van der Waals surface area contributed by atoms with Gasteiger partial charge in [-0.05, 0) is 34.9 Å². The van der Waals surface area contributed by atoms with Gasteiger partial charge in [-0.2, -0.15) is 0 Å². The first kappa shape index (κ1) is 15.2. The van der Waals surface area contributed by atoms with E-state index in [0.29, 0.717) is 0 Å². The van der Waals surface area contributed by atoms with Crippen LogP contribution in [0.25, 0.3) is 0 Å². The van der Waals surface area contributed by atoms with Crippen LogP contribution in [0.4, 0.5) is 0 Å². The number of methoxy groups -OCH3 is 2. The van der Waals surface area contributed by atoms with Crippen LogP contribution in [-0.2, 0) is 27.7 Å². The Balaban J connectivity index is 2.96. The van der Waals surface area contributed by atoms with Crippen LogP contribution in [0.5, 0.6) is 0 Å². The normalized spacial score (nSPS) is 11.8. The Morgan fingerprint density at radius 2 is 1.28 bits per heavy atom. The van der Waals surface area contributed by atoms with E-state index >= 15 is 0 Å². The number of ether oxygens (including phenoxy) is 2. The first-order valence-electron chi connectivity index (χ1n) is 6.58. The van der Waals surface area contributed by atoms with Gasteiger partial charge in [-0.1, -0.05) is 39.0 Å². The van der Waals surface area contributed by atoms with Gasteiger partial charge in [0.25, 0.3) is 0 Å². The summed E-state index contributed by atoms with van der Waals surface area (Å²) in [4.78, 5) is 0. The summed E-state index contributed by atoms with van der Waals surface area (Å²) < 4.78 is 10.3. The first-order valence-corrected chi connectivity index (χ1v) is 6.58. The molecule has 0 aliphatic heterocycles. The molecular weight excluding hydrogens is 224 g/mol. The molecule has 0 fully saturated rings. The molecule has 1 aromatic rings. The molecule has 18 heavy (non-hydrogen) atoms. The molecule has 0 saturated heterocycles. The Kier molecular flexibility index (Phi) is 5.83. The van der Waals surface area contributed by atoms with Gasteiger partial charge >= 0.3 is 0 Å². The Morgan fingerprint density at radius 1 is 0.833 bits per heavy atom. The molecule has 2 nitrogen and oxygen atoms in total. The summed E-state index contributed by atoms with van der Waals surface area (Å²) in [5.41, 5.74) is 4.29. The summed E-state index contributed by atoms with van der Waals surface area (Å²) >= 11 is 0. The SMILES string of the molecule is COCCc1cc(CCOC)cc(C(C)(C)C)c1. The van der Waals surface area contributed by atoms with Crippen LogP contribution in [0.1, 0.15) is 37.5 Å². The van der Waals surface area contributed by atoms with Gasteiger partial charge in [0.1, 0.15) is 0 Å². The lowest BCUT2D eigenvalue weighted by atomic mass is 9.84. The maximum absolute atomic E-state index is 5.17. The lowest BCUT2D eigenvalue weighted by Gasteiger charge is -2.21. The quantitative estimate of drug-likeness (QED) is 0.770. The van der Waals surface area contributed by atoms with Crippen LogP contribution in [0.15, 0.2) is 18.2 Å². The second-order valence-corrected chi connectivity index (χ2v) is 5.77. The van der Waals surface area contributed by atoms with Crippen LogP contribution < -0.4 is 0 Å². The van der Waals surface area contributed by atoms with Gasteiger partial charge in [0.05, 0.1) is 13.2 Å². The van der Waals surface area contributed by atoms with Gasteiger partial charge in [0.15, 0.2) is 0 Å². The molecule has 0 aromatic heterocycles. The fourth-order valence-corrected chi connectivity index (χ4v) is 1.92. The molecule has 0 amide bonds. The predicted octanol–water partition coefficient (Wildman–Crippen LogP) is 3.36. The fraction of sp³-hybridized carbons (Fsp3) is 0.625. The minimum atomic E-state index is 0.185. The molecule has 102 valence electrons. The van der Waals surface area contributed by atoms with Gasteiger partial charge in [0, 0.05) is 14.2 Å². The number of hydrogen-bond acceptors (Lipinski definition) is 2. The van der Waals surface area contributed by atoms with E-state index in [2.05, 4.69) is 39.0 Å². The summed E-state index contributed by atoms with van der Waals surface area (Å²) in [7, 11) is 3.50. The lowest BCUT2D eigenvalue weighted by molar-refractivity contribution is 0.201. The summed E-state index contributed by atoms with van der Waals surface area (Å²) in [5.74, 6) is 0. The van der Waals surface area contributed by atoms with Crippen molar-refractivity contribution in [2.45, 2.75) is 39.0 Å². The van der Waals surface area contributed by atoms with Crippen LogP contribution in [0.2, 0.25) is 0 Å². The van der Waals surface area contributed by atoms with Crippen LogP contribution in [0, 0.1) is 0 Å². The molecule has 0 aliphatic rings. The molecule has 0 saturated carbocycles. The second kappa shape index (κ2) is 6.91. The van der Waals surface area contributed by atoms with Gasteiger partial charge in [0.2, 0.25) is 0 Å². The summed E-state index contributed by atoms with van der Waals surface area (Å²) in [6.07, 6.45) is 1.95. The first-order chi connectivity index (χ1) is 8.47. The van der Waals surface area contributed by atoms with Gasteiger partial charge in [-0.3, -0.25) is 0 Å². The van der Waals surface area contributed by atoms with E-state index in [1.165, 1.54) is 16.7 Å². The van der Waals surface area contributed by atoms with Crippen molar-refractivity contribution < 1.29 is 9.47 Å². The number of rotatable bonds is 6. The van der Waals surface area contributed by atoms with Crippen molar-refractivity contribution in [2.24, 2.45) is 0 Å². The highest BCUT2D eigenvalue weighted by atomic mass is 16.5. The van der Waals surface area contributed by atoms with Crippen molar-refractivity contribution in [3.8, 4) is 0 Å². The van der Waals surface area contributed by atoms with Crippen molar-refractivity contribution >= 4 is 0 Å². The van der Waals surface area contributed by atoms with Gasteiger partial charge < -0.3 is 9.47 Å². The Hall–Kier alpha value is -0.860. The van der Waals surface area contributed by atoms with Crippen LogP contribution in [-0.4, -0.2) is 27.4 Å². The average molecular weight is 250 g/mol. The van der Waals surface area contributed by atoms with Crippen molar-refractivity contribution in [2.75, 3.05) is 27.4 Å². The zero-order chi connectivity index (χ0) is 13.6. The van der Waals surface area contributed by atoms with Gasteiger partial charge in [-0.25, -0.2) is 0 Å². The number of hydrogen-bond donors (Lipinski definition) is 0. The topological polar surface area (TPSA) is 18.5 Å². The largest absolute Gasteiger partial charge is 0.384 e. The molecule has 0 unspecified atom stereocenters. The third-order valence-electron chi connectivity index (χ3n) is 3.11. The fourth-order valence-electron chi connectivity index (χ4n) is 1.92. The summed E-state index contributed by atoms with van der Waals surface area (Å²) in [6, 6.07) is 6.87. The van der Waals surface area contributed by atoms with Crippen molar-refractivity contribution in [3.63, 3.8) is 0 Å². The molecule has 0 aliphatic carbocycles. The van der Waals surface area contributed by atoms with Crippen molar-refractivity contribution in [1.82, 2.24) is 0 Å². The minimum Gasteiger partial charge on any atom is -0.384 e. The Labute approximate surface area is 111 Å². The molecule has 1 aromatic carbocycles. The minimum absolute atomic E-state index is 0.185. The molecular formula is C16H26O2. The van der Waals surface area contributed by atoms with Crippen molar-refractivity contribution in [3.05, 3.63) is 34.9 Å². The molecule has 0 radical (unpaired) electrons. The molecule has 0 spiro atoms. The molecule has 2 heteroatoms. The smallest absolute Gasteiger partial charge is 0.0502 e. The zero-order valence-corrected chi connectivity index (χ0v) is 12.4. The maximum atomic E-state index is 5.17. The van der Waals surface area contributed by atoms with Crippen LogP contribution >= 0.6 is 0 Å². The highest BCUT2D eigenvalue weighted by molar-refractivity contribution is 5.34. The van der Waals surface area contributed by atoms with E-state index in [1.807, 2.05) is 0 Å². The standard InChI is InChI=1S/C16H26O2/c1-16(2,3)15-11-13(6-8-17-4)10-14(12-15)7-9-18-5/h10-12H,6-9H2,1-5H3. The van der Waals surface area contributed by atoms with E-state index < -0.39 is 0 Å². The monoisotopic (exact) mass is 250 g/mol. The van der Waals surface area contributed by atoms with Gasteiger partial charge in [-0.15, -0.1) is 0 Å². The highest BCUT2D eigenvalue weighted by Gasteiger charge is 2.15. The Bertz CT molecular complexity index is 338. The Morgan fingerprint density at radius 3 is 1.61 bits per heavy atom. The van der Waals surface area contributed by atoms with E-state index in [9.17, 15) is 0 Å². The highest BCUT2D eigenvalue weighted by Crippen LogP contribution is 2.25. The predicted molar refractivity (Wildman–Crippen MR) is 76.3 cm³/mol. The third kappa shape index (κ3) is 4.79. The average Bonchev–Trinajstić information content (AvgIpc) is 2.32. The van der Waals surface area contributed by atoms with Crippen LogP contribution in [0.3, 0.4) is 0 Å². The molecule has 0 N–H and O–H groups in total. The van der Waals surface area contributed by atoms with Crippen molar-refractivity contribution in [1.29, 1.82) is 0 Å². The van der Waals surface area contributed by atoms with E-state index in [0.717, 1.165) is 26.1 Å². The maximum Gasteiger partial charge on any atom is 0.0502 e. The van der Waals surface area contributed by atoms with E-state index in [4.69, 9.17) is 9.47 Å². The molecule has 1 rings (SSSR count). The third-order valence-corrected chi connectivity index (χ3v) is 3.11. The molecule has 0 bridgehead atoms. The zero-order valence-electron chi connectivity index (χ0n) is 12.4. The summed E-state index contributed by atoms with van der Waals surface area (Å²) in [6.45, 7) is 8.31. The number of benzene rings is 1. The molecule has 0 heterocycles.